The standard InChI is InChI=1S/C15H9O4.C2H6.W/c16-12-8-14-10(6-11(12)15(17)18)7-13(19-14)9-4-2-1-3-5-9;1-2;/h1-6,8,16H,(H,17,18);1-2H3;/q-1;;. The third-order valence-electron chi connectivity index (χ3n) is 2.82. The van der Waals surface area contributed by atoms with E-state index in [1.807, 2.05) is 44.2 Å². The topological polar surface area (TPSA) is 70.7 Å². The number of carbonyl (C=O) groups is 1. The molecule has 0 aliphatic rings. The van der Waals surface area contributed by atoms with Gasteiger partial charge in [0.05, 0.1) is 11.1 Å². The Morgan fingerprint density at radius 1 is 1.14 bits per heavy atom. The van der Waals surface area contributed by atoms with Gasteiger partial charge in [0, 0.05) is 26.8 Å². The number of carboxylic acid groups (broad SMARTS) is 1. The molecule has 0 aliphatic carbocycles. The van der Waals surface area contributed by atoms with E-state index in [0.717, 1.165) is 5.56 Å². The summed E-state index contributed by atoms with van der Waals surface area (Å²) in [6.45, 7) is 4.00. The number of rotatable bonds is 2. The first-order chi connectivity index (χ1) is 10.1. The molecule has 0 bridgehead atoms. The summed E-state index contributed by atoms with van der Waals surface area (Å²) in [7, 11) is 0. The summed E-state index contributed by atoms with van der Waals surface area (Å²) in [6, 6.07) is 15.0. The number of fused-ring (bicyclic) bond motifs is 1. The van der Waals surface area contributed by atoms with E-state index in [1.165, 1.54) is 12.1 Å². The molecule has 22 heavy (non-hydrogen) atoms. The number of aromatic hydroxyl groups is 1. The third kappa shape index (κ3) is 3.58. The van der Waals surface area contributed by atoms with E-state index < -0.39 is 5.97 Å². The Morgan fingerprint density at radius 2 is 1.77 bits per heavy atom. The number of benzene rings is 2. The van der Waals surface area contributed by atoms with Gasteiger partial charge in [0.1, 0.15) is 5.75 Å². The average molecular weight is 467 g/mol. The first-order valence-electron chi connectivity index (χ1n) is 6.62. The molecule has 0 atom stereocenters. The summed E-state index contributed by atoms with van der Waals surface area (Å²) in [5.74, 6) is -0.991. The molecular formula is C17H15O4W-. The van der Waals surface area contributed by atoms with E-state index in [-0.39, 0.29) is 32.4 Å². The van der Waals surface area contributed by atoms with Crippen LogP contribution >= 0.6 is 0 Å². The molecule has 0 saturated heterocycles. The molecule has 2 aromatic carbocycles. The summed E-state index contributed by atoms with van der Waals surface area (Å²) in [5, 5.41) is 19.1. The fourth-order valence-corrected chi connectivity index (χ4v) is 1.90. The molecule has 5 heteroatoms. The molecule has 0 fully saturated rings. The molecule has 0 spiro atoms. The van der Waals surface area contributed by atoms with Gasteiger partial charge in [0.2, 0.25) is 0 Å². The predicted molar refractivity (Wildman–Crippen MR) is 80.5 cm³/mol. The van der Waals surface area contributed by atoms with Crippen LogP contribution in [0.4, 0.5) is 0 Å². The quantitative estimate of drug-likeness (QED) is 0.551. The Morgan fingerprint density at radius 3 is 2.36 bits per heavy atom. The maximum atomic E-state index is 10.9. The van der Waals surface area contributed by atoms with Crippen molar-refractivity contribution in [3.8, 4) is 17.1 Å². The molecule has 3 rings (SSSR count). The molecule has 0 unspecified atom stereocenters. The molecule has 0 saturated carbocycles. The minimum atomic E-state index is -1.18. The van der Waals surface area contributed by atoms with E-state index in [9.17, 15) is 9.90 Å². The number of furan rings is 1. The van der Waals surface area contributed by atoms with Crippen LogP contribution in [0.5, 0.6) is 5.75 Å². The fraction of sp³-hybridized carbons (Fsp3) is 0.118. The van der Waals surface area contributed by atoms with Gasteiger partial charge in [-0.05, 0) is 6.07 Å². The van der Waals surface area contributed by atoms with E-state index >= 15 is 0 Å². The zero-order valence-electron chi connectivity index (χ0n) is 12.2. The van der Waals surface area contributed by atoms with Gasteiger partial charge in [-0.1, -0.05) is 55.8 Å². The van der Waals surface area contributed by atoms with Crippen LogP contribution in [0.3, 0.4) is 0 Å². The first-order valence-corrected chi connectivity index (χ1v) is 6.62. The van der Waals surface area contributed by atoms with Crippen LogP contribution in [0.15, 0.2) is 46.9 Å². The van der Waals surface area contributed by atoms with Crippen molar-refractivity contribution in [2.75, 3.05) is 0 Å². The van der Waals surface area contributed by atoms with Gasteiger partial charge in [-0.15, -0.1) is 11.5 Å². The molecule has 1 heterocycles. The Balaban J connectivity index is 0.000000775. The largest absolute Gasteiger partial charge is 0.519 e. The van der Waals surface area contributed by atoms with Crippen LogP contribution in [0, 0.1) is 6.07 Å². The second-order valence-electron chi connectivity index (χ2n) is 4.09. The Hall–Kier alpha value is -2.06. The van der Waals surface area contributed by atoms with Gasteiger partial charge in [0.15, 0.2) is 0 Å². The van der Waals surface area contributed by atoms with Crippen LogP contribution in [-0.2, 0) is 21.1 Å². The second-order valence-corrected chi connectivity index (χ2v) is 4.09. The fourth-order valence-electron chi connectivity index (χ4n) is 1.90. The molecule has 114 valence electrons. The van der Waals surface area contributed by atoms with Crippen molar-refractivity contribution in [1.82, 2.24) is 0 Å². The predicted octanol–water partition coefficient (Wildman–Crippen LogP) is 4.33. The number of hydrogen-bond acceptors (Lipinski definition) is 3. The molecule has 4 nitrogen and oxygen atoms in total. The zero-order chi connectivity index (χ0) is 15.4. The van der Waals surface area contributed by atoms with Crippen LogP contribution in [0.1, 0.15) is 24.2 Å². The van der Waals surface area contributed by atoms with Crippen molar-refractivity contribution in [1.29, 1.82) is 0 Å². The van der Waals surface area contributed by atoms with Gasteiger partial charge in [-0.25, -0.2) is 4.79 Å². The van der Waals surface area contributed by atoms with Crippen molar-refractivity contribution < 1.29 is 40.5 Å². The van der Waals surface area contributed by atoms with Gasteiger partial charge >= 0.3 is 5.97 Å². The molecule has 3 aromatic rings. The van der Waals surface area contributed by atoms with Crippen LogP contribution in [-0.4, -0.2) is 16.2 Å². The number of hydrogen-bond donors (Lipinski definition) is 2. The Bertz CT molecular complexity index is 763. The van der Waals surface area contributed by atoms with E-state index in [1.54, 1.807) is 0 Å². The minimum absolute atomic E-state index is 0. The maximum absolute atomic E-state index is 10.9. The van der Waals surface area contributed by atoms with Crippen molar-refractivity contribution in [2.45, 2.75) is 13.8 Å². The molecule has 0 radical (unpaired) electrons. The molecular weight excluding hydrogens is 452 g/mol. The van der Waals surface area contributed by atoms with Gasteiger partial charge in [0.25, 0.3) is 0 Å². The number of aromatic carboxylic acids is 1. The monoisotopic (exact) mass is 467 g/mol. The number of phenols is 1. The van der Waals surface area contributed by atoms with E-state index in [2.05, 4.69) is 6.07 Å². The molecule has 1 aromatic heterocycles. The normalized spacial score (nSPS) is 9.55. The molecule has 2 N–H and O–H groups in total. The first kappa shape index (κ1) is 18.0. The van der Waals surface area contributed by atoms with Crippen molar-refractivity contribution in [2.24, 2.45) is 0 Å². The van der Waals surface area contributed by atoms with Gasteiger partial charge < -0.3 is 14.6 Å². The molecule has 0 aliphatic heterocycles. The minimum Gasteiger partial charge on any atom is -0.519 e. The average Bonchev–Trinajstić information content (AvgIpc) is 2.92. The smallest absolute Gasteiger partial charge is 0.329 e. The Kier molecular flexibility index (Phi) is 6.38. The summed E-state index contributed by atoms with van der Waals surface area (Å²) in [6.07, 6.45) is 0. The van der Waals surface area contributed by atoms with Crippen LogP contribution < -0.4 is 0 Å². The van der Waals surface area contributed by atoms with Gasteiger partial charge in [-0.3, -0.25) is 0 Å². The summed E-state index contributed by atoms with van der Waals surface area (Å²) >= 11 is 0. The summed E-state index contributed by atoms with van der Waals surface area (Å²) in [4.78, 5) is 10.9. The second kappa shape index (κ2) is 7.81. The third-order valence-corrected chi connectivity index (χ3v) is 2.82. The van der Waals surface area contributed by atoms with Crippen LogP contribution in [0.25, 0.3) is 22.3 Å². The Labute approximate surface area is 142 Å². The summed E-state index contributed by atoms with van der Waals surface area (Å²) < 4.78 is 5.56. The molecule has 0 amide bonds. The van der Waals surface area contributed by atoms with Crippen LogP contribution in [0.2, 0.25) is 0 Å². The van der Waals surface area contributed by atoms with Crippen molar-refractivity contribution in [3.63, 3.8) is 0 Å². The SMILES string of the molecule is CC.O=C(O)c1cc2[c-]c(-c3ccccc3)oc2cc1O.[W]. The maximum Gasteiger partial charge on any atom is 0.329 e. The van der Waals surface area contributed by atoms with Crippen molar-refractivity contribution >= 4 is 16.9 Å². The van der Waals surface area contributed by atoms with E-state index in [4.69, 9.17) is 9.52 Å². The summed E-state index contributed by atoms with van der Waals surface area (Å²) in [5.41, 5.74) is 1.08. The zero-order valence-corrected chi connectivity index (χ0v) is 15.1. The van der Waals surface area contributed by atoms with E-state index in [0.29, 0.717) is 16.7 Å². The number of carboxylic acids is 1. The van der Waals surface area contributed by atoms with Crippen molar-refractivity contribution in [3.05, 3.63) is 54.1 Å². The van der Waals surface area contributed by atoms with Gasteiger partial charge in [-0.2, -0.15) is 0 Å².